The van der Waals surface area contributed by atoms with Crippen LogP contribution in [0, 0.1) is 0 Å². The zero-order chi connectivity index (χ0) is 13.0. The number of aliphatic hydroxyl groups is 1. The molecule has 0 aromatic heterocycles. The van der Waals surface area contributed by atoms with Crippen LogP contribution in [0.5, 0.6) is 0 Å². The number of carbonyl (C=O) groups is 1. The maximum atomic E-state index is 12.1. The van der Waals surface area contributed by atoms with E-state index in [-0.39, 0.29) is 24.6 Å². The van der Waals surface area contributed by atoms with Crippen molar-refractivity contribution in [3.05, 3.63) is 0 Å². The molecular formula is C13H26N2O2. The Balaban J connectivity index is 2.56. The van der Waals surface area contributed by atoms with Gasteiger partial charge in [0, 0.05) is 12.1 Å². The van der Waals surface area contributed by atoms with Crippen LogP contribution in [0.1, 0.15) is 47.0 Å². The molecule has 1 heterocycles. The van der Waals surface area contributed by atoms with Crippen molar-refractivity contribution in [1.82, 2.24) is 10.2 Å². The summed E-state index contributed by atoms with van der Waals surface area (Å²) in [4.78, 5) is 14.4. The first-order valence-corrected chi connectivity index (χ1v) is 6.69. The first-order chi connectivity index (χ1) is 8.01. The lowest BCUT2D eigenvalue weighted by Gasteiger charge is -2.32. The molecule has 0 aromatic carbocycles. The van der Waals surface area contributed by atoms with Crippen molar-refractivity contribution in [3.8, 4) is 0 Å². The lowest BCUT2D eigenvalue weighted by Crippen LogP contribution is -2.51. The Hall–Kier alpha value is -0.610. The van der Waals surface area contributed by atoms with Gasteiger partial charge in [-0.15, -0.1) is 0 Å². The molecule has 2 N–H and O–H groups in total. The molecule has 1 fully saturated rings. The summed E-state index contributed by atoms with van der Waals surface area (Å²) in [5, 5.41) is 12.0. The van der Waals surface area contributed by atoms with E-state index in [1.54, 1.807) is 0 Å². The number of hydrogen-bond acceptors (Lipinski definition) is 3. The normalized spacial score (nSPS) is 29.0. The molecule has 1 aliphatic heterocycles. The first kappa shape index (κ1) is 14.5. The smallest absolute Gasteiger partial charge is 0.237 e. The molecule has 100 valence electrons. The summed E-state index contributed by atoms with van der Waals surface area (Å²) in [6.45, 7) is 8.29. The third-order valence-electron chi connectivity index (χ3n) is 3.91. The van der Waals surface area contributed by atoms with Crippen LogP contribution in [-0.4, -0.2) is 46.7 Å². The lowest BCUT2D eigenvalue weighted by molar-refractivity contribution is -0.127. The molecule has 1 amide bonds. The Morgan fingerprint density at radius 2 is 1.94 bits per heavy atom. The van der Waals surface area contributed by atoms with Gasteiger partial charge >= 0.3 is 0 Å². The van der Waals surface area contributed by atoms with Crippen molar-refractivity contribution in [2.75, 3.05) is 6.61 Å². The van der Waals surface area contributed by atoms with Crippen LogP contribution in [0.2, 0.25) is 0 Å². The van der Waals surface area contributed by atoms with E-state index in [9.17, 15) is 4.79 Å². The molecule has 0 spiro atoms. The molecule has 0 radical (unpaired) electrons. The second-order valence-electron chi connectivity index (χ2n) is 5.19. The highest BCUT2D eigenvalue weighted by Crippen LogP contribution is 2.25. The summed E-state index contributed by atoms with van der Waals surface area (Å²) >= 11 is 0. The van der Waals surface area contributed by atoms with Gasteiger partial charge in [0.1, 0.15) is 0 Å². The van der Waals surface area contributed by atoms with E-state index in [2.05, 4.69) is 24.1 Å². The second-order valence-corrected chi connectivity index (χ2v) is 5.19. The summed E-state index contributed by atoms with van der Waals surface area (Å²) in [6.07, 6.45) is 3.09. The Bertz CT molecular complexity index is 244. The average Bonchev–Trinajstić information content (AvgIpc) is 2.64. The standard InChI is InChI=1S/C13H26N2O2/c1-5-12(8-16)14-13(17)11(4)15-9(2)6-7-10(15)3/h9-12,16H,5-8H2,1-4H3,(H,14,17)/t9-,10-,11-,12+/m0/s1. The molecule has 0 saturated carbocycles. The van der Waals surface area contributed by atoms with E-state index in [1.165, 1.54) is 0 Å². The maximum absolute atomic E-state index is 12.1. The van der Waals surface area contributed by atoms with Crippen LogP contribution in [-0.2, 0) is 4.79 Å². The van der Waals surface area contributed by atoms with E-state index in [1.807, 2.05) is 13.8 Å². The number of nitrogens with one attached hydrogen (secondary N) is 1. The highest BCUT2D eigenvalue weighted by Gasteiger charge is 2.34. The van der Waals surface area contributed by atoms with Crippen molar-refractivity contribution in [1.29, 1.82) is 0 Å². The number of hydrogen-bond donors (Lipinski definition) is 2. The van der Waals surface area contributed by atoms with Gasteiger partial charge in [-0.05, 0) is 40.0 Å². The molecule has 1 rings (SSSR count). The number of amides is 1. The molecule has 1 aliphatic rings. The van der Waals surface area contributed by atoms with Crippen LogP contribution in [0.15, 0.2) is 0 Å². The number of likely N-dealkylation sites (tertiary alicyclic amines) is 1. The van der Waals surface area contributed by atoms with Crippen LogP contribution in [0.3, 0.4) is 0 Å². The summed E-state index contributed by atoms with van der Waals surface area (Å²) in [5.41, 5.74) is 0. The lowest BCUT2D eigenvalue weighted by atomic mass is 10.1. The summed E-state index contributed by atoms with van der Waals surface area (Å²) < 4.78 is 0. The summed E-state index contributed by atoms with van der Waals surface area (Å²) in [6, 6.07) is 0.723. The highest BCUT2D eigenvalue weighted by atomic mass is 16.3. The molecule has 0 bridgehead atoms. The quantitative estimate of drug-likeness (QED) is 0.760. The van der Waals surface area contributed by atoms with Gasteiger partial charge in [0.25, 0.3) is 0 Å². The fourth-order valence-corrected chi connectivity index (χ4v) is 2.71. The van der Waals surface area contributed by atoms with Crippen molar-refractivity contribution in [2.45, 2.75) is 71.1 Å². The van der Waals surface area contributed by atoms with Crippen molar-refractivity contribution in [3.63, 3.8) is 0 Å². The van der Waals surface area contributed by atoms with Gasteiger partial charge in [-0.3, -0.25) is 9.69 Å². The van der Waals surface area contributed by atoms with Gasteiger partial charge in [-0.25, -0.2) is 0 Å². The van der Waals surface area contributed by atoms with E-state index in [0.717, 1.165) is 19.3 Å². The van der Waals surface area contributed by atoms with Gasteiger partial charge < -0.3 is 10.4 Å². The van der Waals surface area contributed by atoms with Crippen molar-refractivity contribution in [2.24, 2.45) is 0 Å². The third kappa shape index (κ3) is 3.42. The maximum Gasteiger partial charge on any atom is 0.237 e. The topological polar surface area (TPSA) is 52.6 Å². The predicted octanol–water partition coefficient (Wildman–Crippen LogP) is 1.13. The molecule has 4 atom stereocenters. The Kier molecular flexibility index (Phi) is 5.40. The Morgan fingerprint density at radius 3 is 2.35 bits per heavy atom. The zero-order valence-corrected chi connectivity index (χ0v) is 11.4. The van der Waals surface area contributed by atoms with Crippen LogP contribution < -0.4 is 5.32 Å². The molecule has 0 aromatic rings. The predicted molar refractivity (Wildman–Crippen MR) is 68.8 cm³/mol. The van der Waals surface area contributed by atoms with Gasteiger partial charge in [0.05, 0.1) is 18.7 Å². The van der Waals surface area contributed by atoms with Gasteiger partial charge in [0.15, 0.2) is 0 Å². The third-order valence-corrected chi connectivity index (χ3v) is 3.91. The van der Waals surface area contributed by atoms with E-state index >= 15 is 0 Å². The Labute approximate surface area is 104 Å². The monoisotopic (exact) mass is 242 g/mol. The fraction of sp³-hybridized carbons (Fsp3) is 0.923. The van der Waals surface area contributed by atoms with E-state index in [4.69, 9.17) is 5.11 Å². The molecule has 4 heteroatoms. The number of carbonyl (C=O) groups excluding carboxylic acids is 1. The average molecular weight is 242 g/mol. The fourth-order valence-electron chi connectivity index (χ4n) is 2.71. The summed E-state index contributed by atoms with van der Waals surface area (Å²) in [7, 11) is 0. The molecule has 0 unspecified atom stereocenters. The van der Waals surface area contributed by atoms with Crippen molar-refractivity contribution >= 4 is 5.91 Å². The minimum absolute atomic E-state index is 0.0140. The highest BCUT2D eigenvalue weighted by molar-refractivity contribution is 5.81. The molecule has 0 aliphatic carbocycles. The minimum atomic E-state index is -0.113. The SMILES string of the molecule is CC[C@H](CO)NC(=O)[C@H](C)N1[C@@H](C)CC[C@@H]1C. The Morgan fingerprint density at radius 1 is 1.41 bits per heavy atom. The second kappa shape index (κ2) is 6.36. The van der Waals surface area contributed by atoms with Crippen LogP contribution >= 0.6 is 0 Å². The largest absolute Gasteiger partial charge is 0.394 e. The van der Waals surface area contributed by atoms with Gasteiger partial charge in [-0.2, -0.15) is 0 Å². The number of aliphatic hydroxyl groups excluding tert-OH is 1. The molecule has 1 saturated heterocycles. The molecular weight excluding hydrogens is 216 g/mol. The number of nitrogens with zero attached hydrogens (tertiary/aromatic N) is 1. The zero-order valence-electron chi connectivity index (χ0n) is 11.4. The molecule has 4 nitrogen and oxygen atoms in total. The van der Waals surface area contributed by atoms with Crippen molar-refractivity contribution < 1.29 is 9.90 Å². The van der Waals surface area contributed by atoms with E-state index < -0.39 is 0 Å². The van der Waals surface area contributed by atoms with Gasteiger partial charge in [0.2, 0.25) is 5.91 Å². The van der Waals surface area contributed by atoms with Crippen LogP contribution in [0.25, 0.3) is 0 Å². The van der Waals surface area contributed by atoms with Gasteiger partial charge in [-0.1, -0.05) is 6.92 Å². The number of rotatable bonds is 5. The van der Waals surface area contributed by atoms with E-state index in [0.29, 0.717) is 12.1 Å². The summed E-state index contributed by atoms with van der Waals surface area (Å²) in [5.74, 6) is 0.0338. The minimum Gasteiger partial charge on any atom is -0.394 e. The molecule has 17 heavy (non-hydrogen) atoms. The first-order valence-electron chi connectivity index (χ1n) is 6.69. The van der Waals surface area contributed by atoms with Crippen LogP contribution in [0.4, 0.5) is 0 Å².